The molecule has 0 aliphatic rings. The van der Waals surface area contributed by atoms with E-state index in [2.05, 4.69) is 17.6 Å². The summed E-state index contributed by atoms with van der Waals surface area (Å²) in [5, 5.41) is 5.62. The first-order valence-electron chi connectivity index (χ1n) is 9.60. The number of unbranched alkanes of at least 4 members (excludes halogenated alkanes) is 1. The number of carbonyl (C=O) groups excluding carboxylic acids is 2. The molecule has 1 atom stereocenters. The van der Waals surface area contributed by atoms with Crippen molar-refractivity contribution < 1.29 is 23.8 Å². The van der Waals surface area contributed by atoms with E-state index < -0.39 is 18.0 Å². The molecule has 7 nitrogen and oxygen atoms in total. The molecule has 2 aromatic rings. The van der Waals surface area contributed by atoms with Crippen LogP contribution < -0.4 is 20.1 Å². The van der Waals surface area contributed by atoms with Crippen LogP contribution in [0.5, 0.6) is 11.5 Å². The summed E-state index contributed by atoms with van der Waals surface area (Å²) in [4.78, 5) is 23.7. The molecule has 0 aromatic heterocycles. The highest BCUT2D eigenvalue weighted by Crippen LogP contribution is 2.30. The van der Waals surface area contributed by atoms with E-state index in [9.17, 15) is 9.59 Å². The van der Waals surface area contributed by atoms with Crippen LogP contribution in [-0.2, 0) is 9.53 Å². The number of anilines is 1. The van der Waals surface area contributed by atoms with Crippen molar-refractivity contribution in [1.82, 2.24) is 5.32 Å². The smallest absolute Gasteiger partial charge is 0.319 e. The van der Waals surface area contributed by atoms with Crippen molar-refractivity contribution in [3.8, 4) is 11.5 Å². The third-order valence-electron chi connectivity index (χ3n) is 4.14. The molecule has 0 unspecified atom stereocenters. The summed E-state index contributed by atoms with van der Waals surface area (Å²) in [6.45, 7) is 4.03. The van der Waals surface area contributed by atoms with Crippen molar-refractivity contribution >= 4 is 17.7 Å². The number of hydrogen-bond acceptors (Lipinski definition) is 5. The Morgan fingerprint density at radius 1 is 1.07 bits per heavy atom. The van der Waals surface area contributed by atoms with Crippen LogP contribution in [0.4, 0.5) is 10.5 Å². The number of hydrogen-bond donors (Lipinski definition) is 2. The maximum atomic E-state index is 12.5. The number of esters is 1. The molecule has 0 heterocycles. The highest BCUT2D eigenvalue weighted by atomic mass is 16.5. The van der Waals surface area contributed by atoms with Gasteiger partial charge in [-0.15, -0.1) is 0 Å². The molecule has 0 saturated carbocycles. The summed E-state index contributed by atoms with van der Waals surface area (Å²) in [5.74, 6) is 0.763. The van der Waals surface area contributed by atoms with Crippen LogP contribution >= 0.6 is 0 Å². The Kier molecular flexibility index (Phi) is 8.82. The van der Waals surface area contributed by atoms with Gasteiger partial charge in [0.2, 0.25) is 0 Å². The topological polar surface area (TPSA) is 85.9 Å². The molecule has 0 saturated heterocycles. The largest absolute Gasteiger partial charge is 0.493 e. The van der Waals surface area contributed by atoms with Crippen molar-refractivity contribution in [1.29, 1.82) is 0 Å². The normalized spacial score (nSPS) is 11.3. The lowest BCUT2D eigenvalue weighted by Gasteiger charge is -2.19. The second-order valence-corrected chi connectivity index (χ2v) is 6.43. The van der Waals surface area contributed by atoms with Crippen LogP contribution in [0.2, 0.25) is 0 Å². The van der Waals surface area contributed by atoms with E-state index in [0.29, 0.717) is 23.8 Å². The number of carbonyl (C=O) groups is 2. The SMILES string of the molecule is CCCCOc1cc(NC(=O)N[C@@H](COC(C)=O)c2ccccc2)ccc1OC. The van der Waals surface area contributed by atoms with Gasteiger partial charge in [0.15, 0.2) is 11.5 Å². The third kappa shape index (κ3) is 7.37. The van der Waals surface area contributed by atoms with Gasteiger partial charge in [-0.05, 0) is 24.1 Å². The van der Waals surface area contributed by atoms with Gasteiger partial charge < -0.3 is 24.8 Å². The molecule has 0 aliphatic heterocycles. The Morgan fingerprint density at radius 3 is 2.48 bits per heavy atom. The van der Waals surface area contributed by atoms with Gasteiger partial charge in [-0.25, -0.2) is 4.79 Å². The number of nitrogens with one attached hydrogen (secondary N) is 2. The second kappa shape index (κ2) is 11.6. The van der Waals surface area contributed by atoms with Gasteiger partial charge in [-0.1, -0.05) is 43.7 Å². The standard InChI is InChI=1S/C22H28N2O5/c1-4-5-13-28-21-14-18(11-12-20(21)27-3)23-22(26)24-19(15-29-16(2)25)17-9-7-6-8-10-17/h6-12,14,19H,4-5,13,15H2,1-3H3,(H2,23,24,26)/t19-/m0/s1. The van der Waals surface area contributed by atoms with E-state index in [0.717, 1.165) is 18.4 Å². The summed E-state index contributed by atoms with van der Waals surface area (Å²) in [6, 6.07) is 13.6. The molecule has 156 valence electrons. The van der Waals surface area contributed by atoms with Gasteiger partial charge in [0.25, 0.3) is 0 Å². The van der Waals surface area contributed by atoms with Crippen molar-refractivity contribution in [2.75, 3.05) is 25.6 Å². The molecule has 2 N–H and O–H groups in total. The van der Waals surface area contributed by atoms with Gasteiger partial charge >= 0.3 is 12.0 Å². The monoisotopic (exact) mass is 400 g/mol. The van der Waals surface area contributed by atoms with E-state index in [-0.39, 0.29) is 6.61 Å². The number of ether oxygens (including phenoxy) is 3. The van der Waals surface area contributed by atoms with Crippen LogP contribution in [0.1, 0.15) is 38.3 Å². The maximum absolute atomic E-state index is 12.5. The van der Waals surface area contributed by atoms with E-state index in [4.69, 9.17) is 14.2 Å². The molecule has 0 aliphatic carbocycles. The van der Waals surface area contributed by atoms with Gasteiger partial charge in [-0.2, -0.15) is 0 Å². The molecule has 0 spiro atoms. The Balaban J connectivity index is 2.06. The van der Waals surface area contributed by atoms with Gasteiger partial charge in [0.05, 0.1) is 19.8 Å². The summed E-state index contributed by atoms with van der Waals surface area (Å²) in [7, 11) is 1.57. The Bertz CT molecular complexity index is 795. The van der Waals surface area contributed by atoms with Crippen LogP contribution in [0.25, 0.3) is 0 Å². The number of amides is 2. The summed E-state index contributed by atoms with van der Waals surface area (Å²) < 4.78 is 16.2. The van der Waals surface area contributed by atoms with E-state index in [1.165, 1.54) is 6.92 Å². The summed E-state index contributed by atoms with van der Waals surface area (Å²) >= 11 is 0. The Hall–Kier alpha value is -3.22. The third-order valence-corrected chi connectivity index (χ3v) is 4.14. The minimum atomic E-state index is -0.473. The first kappa shape index (κ1) is 22.1. The number of rotatable bonds is 10. The maximum Gasteiger partial charge on any atom is 0.319 e. The number of urea groups is 1. The lowest BCUT2D eigenvalue weighted by Crippen LogP contribution is -2.35. The van der Waals surface area contributed by atoms with Crippen LogP contribution in [0.15, 0.2) is 48.5 Å². The quantitative estimate of drug-likeness (QED) is 0.459. The molecule has 29 heavy (non-hydrogen) atoms. The lowest BCUT2D eigenvalue weighted by molar-refractivity contribution is -0.141. The van der Waals surface area contributed by atoms with E-state index >= 15 is 0 Å². The molecule has 7 heteroatoms. The minimum absolute atomic E-state index is 0.0424. The van der Waals surface area contributed by atoms with Crippen LogP contribution in [0.3, 0.4) is 0 Å². The molecular formula is C22H28N2O5. The van der Waals surface area contributed by atoms with Crippen molar-refractivity contribution in [3.63, 3.8) is 0 Å². The summed E-state index contributed by atoms with van der Waals surface area (Å²) in [5.41, 5.74) is 1.40. The first-order valence-corrected chi connectivity index (χ1v) is 9.60. The van der Waals surface area contributed by atoms with Crippen LogP contribution in [-0.4, -0.2) is 32.3 Å². The van der Waals surface area contributed by atoms with Gasteiger partial charge in [-0.3, -0.25) is 4.79 Å². The number of methoxy groups -OCH3 is 1. The lowest BCUT2D eigenvalue weighted by atomic mass is 10.1. The molecule has 0 radical (unpaired) electrons. The van der Waals surface area contributed by atoms with Crippen LogP contribution in [0, 0.1) is 0 Å². The van der Waals surface area contributed by atoms with E-state index in [1.54, 1.807) is 25.3 Å². The van der Waals surface area contributed by atoms with Crippen molar-refractivity contribution in [2.24, 2.45) is 0 Å². The fraction of sp³-hybridized carbons (Fsp3) is 0.364. The van der Waals surface area contributed by atoms with Crippen molar-refractivity contribution in [2.45, 2.75) is 32.7 Å². The predicted octanol–water partition coefficient (Wildman–Crippen LogP) is 4.30. The minimum Gasteiger partial charge on any atom is -0.493 e. The van der Waals surface area contributed by atoms with Crippen molar-refractivity contribution in [3.05, 3.63) is 54.1 Å². The zero-order valence-electron chi connectivity index (χ0n) is 17.1. The Labute approximate surface area is 171 Å². The fourth-order valence-electron chi connectivity index (χ4n) is 2.63. The second-order valence-electron chi connectivity index (χ2n) is 6.43. The highest BCUT2D eigenvalue weighted by molar-refractivity contribution is 5.90. The van der Waals surface area contributed by atoms with E-state index in [1.807, 2.05) is 30.3 Å². The van der Waals surface area contributed by atoms with Gasteiger partial charge in [0, 0.05) is 18.7 Å². The average Bonchev–Trinajstić information content (AvgIpc) is 2.72. The molecule has 2 rings (SSSR count). The predicted molar refractivity (Wildman–Crippen MR) is 111 cm³/mol. The fourth-order valence-corrected chi connectivity index (χ4v) is 2.63. The first-order chi connectivity index (χ1) is 14.0. The van der Waals surface area contributed by atoms with Gasteiger partial charge in [0.1, 0.15) is 6.61 Å². The zero-order chi connectivity index (χ0) is 21.1. The molecule has 2 aromatic carbocycles. The number of benzene rings is 2. The molecular weight excluding hydrogens is 372 g/mol. The zero-order valence-corrected chi connectivity index (χ0v) is 17.1. The molecule has 0 bridgehead atoms. The highest BCUT2D eigenvalue weighted by Gasteiger charge is 2.17. The molecule has 0 fully saturated rings. The summed E-state index contributed by atoms with van der Waals surface area (Å²) in [6.07, 6.45) is 1.95. The average molecular weight is 400 g/mol. The Morgan fingerprint density at radius 2 is 1.83 bits per heavy atom. The molecule has 2 amide bonds.